The summed E-state index contributed by atoms with van der Waals surface area (Å²) in [6, 6.07) is 8.16. The SMILES string of the molecule is CCc1ccccc1CNC(=O)c1cnn2c1C[C@H](CNC(C)=O)CC2. The largest absolute Gasteiger partial charge is 0.356 e. The van der Waals surface area contributed by atoms with Crippen LogP contribution in [0, 0.1) is 5.92 Å². The van der Waals surface area contributed by atoms with Crippen LogP contribution in [-0.2, 0) is 30.7 Å². The van der Waals surface area contributed by atoms with Gasteiger partial charge in [-0.15, -0.1) is 0 Å². The van der Waals surface area contributed by atoms with Gasteiger partial charge in [-0.05, 0) is 36.3 Å². The molecule has 0 unspecified atom stereocenters. The predicted molar refractivity (Wildman–Crippen MR) is 99.7 cm³/mol. The predicted octanol–water partition coefficient (Wildman–Crippen LogP) is 2.07. The van der Waals surface area contributed by atoms with E-state index in [-0.39, 0.29) is 11.8 Å². The van der Waals surface area contributed by atoms with Crippen LogP contribution in [0.3, 0.4) is 0 Å². The molecule has 1 aliphatic heterocycles. The number of benzene rings is 1. The normalized spacial score (nSPS) is 16.0. The molecule has 3 rings (SSSR count). The summed E-state index contributed by atoms with van der Waals surface area (Å²) >= 11 is 0. The Morgan fingerprint density at radius 2 is 2.00 bits per heavy atom. The van der Waals surface area contributed by atoms with E-state index in [4.69, 9.17) is 0 Å². The van der Waals surface area contributed by atoms with E-state index in [2.05, 4.69) is 34.8 Å². The molecule has 1 aromatic heterocycles. The molecule has 1 atom stereocenters. The lowest BCUT2D eigenvalue weighted by atomic mass is 9.94. The van der Waals surface area contributed by atoms with Gasteiger partial charge >= 0.3 is 0 Å². The average molecular weight is 354 g/mol. The van der Waals surface area contributed by atoms with Crippen molar-refractivity contribution in [2.75, 3.05) is 6.54 Å². The van der Waals surface area contributed by atoms with E-state index < -0.39 is 0 Å². The number of rotatable bonds is 6. The number of aryl methyl sites for hydroxylation is 2. The molecule has 0 saturated carbocycles. The summed E-state index contributed by atoms with van der Waals surface area (Å²) in [5.41, 5.74) is 4.01. The molecule has 0 fully saturated rings. The lowest BCUT2D eigenvalue weighted by molar-refractivity contribution is -0.119. The van der Waals surface area contributed by atoms with E-state index in [1.165, 1.54) is 12.5 Å². The second-order valence-electron chi connectivity index (χ2n) is 6.83. The van der Waals surface area contributed by atoms with Crippen molar-refractivity contribution in [2.45, 2.75) is 46.2 Å². The van der Waals surface area contributed by atoms with E-state index in [1.54, 1.807) is 6.20 Å². The van der Waals surface area contributed by atoms with Crippen molar-refractivity contribution < 1.29 is 9.59 Å². The van der Waals surface area contributed by atoms with Gasteiger partial charge in [0, 0.05) is 26.6 Å². The van der Waals surface area contributed by atoms with Gasteiger partial charge in [0.2, 0.25) is 5.91 Å². The third-order valence-electron chi connectivity index (χ3n) is 5.00. The zero-order valence-electron chi connectivity index (χ0n) is 15.4. The molecule has 138 valence electrons. The molecule has 1 aromatic carbocycles. The zero-order chi connectivity index (χ0) is 18.5. The first-order valence-electron chi connectivity index (χ1n) is 9.22. The van der Waals surface area contributed by atoms with E-state index in [0.29, 0.717) is 24.6 Å². The van der Waals surface area contributed by atoms with Crippen molar-refractivity contribution >= 4 is 11.8 Å². The Bertz CT molecular complexity index is 797. The molecule has 26 heavy (non-hydrogen) atoms. The van der Waals surface area contributed by atoms with Crippen LogP contribution in [0.2, 0.25) is 0 Å². The van der Waals surface area contributed by atoms with Gasteiger partial charge in [0.05, 0.1) is 17.5 Å². The minimum absolute atomic E-state index is 0.0170. The Kier molecular flexibility index (Phi) is 5.71. The number of aromatic nitrogens is 2. The summed E-state index contributed by atoms with van der Waals surface area (Å²) in [4.78, 5) is 23.8. The van der Waals surface area contributed by atoms with Crippen LogP contribution in [-0.4, -0.2) is 28.1 Å². The Labute approximate surface area is 154 Å². The van der Waals surface area contributed by atoms with Crippen LogP contribution in [0.25, 0.3) is 0 Å². The molecule has 0 aliphatic carbocycles. The Hall–Kier alpha value is -2.63. The molecule has 1 aliphatic rings. The lowest BCUT2D eigenvalue weighted by Gasteiger charge is -2.24. The Balaban J connectivity index is 1.66. The zero-order valence-corrected chi connectivity index (χ0v) is 15.4. The summed E-state index contributed by atoms with van der Waals surface area (Å²) < 4.78 is 1.92. The second-order valence-corrected chi connectivity index (χ2v) is 6.83. The molecule has 6 nitrogen and oxygen atoms in total. The molecular formula is C20H26N4O2. The summed E-state index contributed by atoms with van der Waals surface area (Å²) in [6.07, 6.45) is 4.33. The lowest BCUT2D eigenvalue weighted by Crippen LogP contribution is -2.33. The third-order valence-corrected chi connectivity index (χ3v) is 5.00. The molecular weight excluding hydrogens is 328 g/mol. The first kappa shape index (κ1) is 18.2. The highest BCUT2D eigenvalue weighted by atomic mass is 16.2. The van der Waals surface area contributed by atoms with Crippen molar-refractivity contribution in [3.05, 3.63) is 52.8 Å². The van der Waals surface area contributed by atoms with E-state index in [1.807, 2.05) is 16.8 Å². The number of nitrogens with one attached hydrogen (secondary N) is 2. The van der Waals surface area contributed by atoms with Crippen LogP contribution in [0.5, 0.6) is 0 Å². The smallest absolute Gasteiger partial charge is 0.255 e. The van der Waals surface area contributed by atoms with Gasteiger partial charge in [-0.3, -0.25) is 14.3 Å². The number of carbonyl (C=O) groups is 2. The minimum Gasteiger partial charge on any atom is -0.356 e. The van der Waals surface area contributed by atoms with Crippen LogP contribution < -0.4 is 10.6 Å². The first-order valence-corrected chi connectivity index (χ1v) is 9.22. The van der Waals surface area contributed by atoms with E-state index in [9.17, 15) is 9.59 Å². The maximum atomic E-state index is 12.7. The maximum absolute atomic E-state index is 12.7. The van der Waals surface area contributed by atoms with Crippen molar-refractivity contribution in [2.24, 2.45) is 5.92 Å². The second kappa shape index (κ2) is 8.17. The monoisotopic (exact) mass is 354 g/mol. The van der Waals surface area contributed by atoms with Crippen molar-refractivity contribution in [3.63, 3.8) is 0 Å². The molecule has 2 heterocycles. The van der Waals surface area contributed by atoms with Crippen LogP contribution in [0.15, 0.2) is 30.5 Å². The number of hydrogen-bond acceptors (Lipinski definition) is 3. The molecule has 0 saturated heterocycles. The molecule has 0 radical (unpaired) electrons. The summed E-state index contributed by atoms with van der Waals surface area (Å²) in [5.74, 6) is 0.240. The molecule has 2 N–H and O–H groups in total. The fourth-order valence-electron chi connectivity index (χ4n) is 3.50. The van der Waals surface area contributed by atoms with Crippen molar-refractivity contribution in [1.29, 1.82) is 0 Å². The van der Waals surface area contributed by atoms with Gasteiger partial charge in [0.15, 0.2) is 0 Å². The van der Waals surface area contributed by atoms with Gasteiger partial charge in [-0.25, -0.2) is 0 Å². The number of hydrogen-bond donors (Lipinski definition) is 2. The van der Waals surface area contributed by atoms with Gasteiger partial charge in [-0.2, -0.15) is 5.10 Å². The molecule has 2 amide bonds. The Morgan fingerprint density at radius 3 is 2.73 bits per heavy atom. The van der Waals surface area contributed by atoms with Crippen LogP contribution in [0.4, 0.5) is 0 Å². The number of nitrogens with zero attached hydrogens (tertiary/aromatic N) is 2. The highest BCUT2D eigenvalue weighted by Crippen LogP contribution is 2.22. The molecule has 0 bridgehead atoms. The van der Waals surface area contributed by atoms with E-state index in [0.717, 1.165) is 37.1 Å². The number of carbonyl (C=O) groups excluding carboxylic acids is 2. The van der Waals surface area contributed by atoms with Crippen molar-refractivity contribution in [3.8, 4) is 0 Å². The van der Waals surface area contributed by atoms with Crippen LogP contribution in [0.1, 0.15) is 47.4 Å². The Morgan fingerprint density at radius 1 is 1.23 bits per heavy atom. The standard InChI is InChI=1S/C20H26N4O2/c1-3-16-6-4-5-7-17(16)12-22-20(26)18-13-23-24-9-8-15(10-19(18)24)11-21-14(2)25/h4-7,13,15H,3,8-12H2,1-2H3,(H,21,25)(H,22,26)/t15-/m1/s1. The topological polar surface area (TPSA) is 76.0 Å². The first-order chi connectivity index (χ1) is 12.6. The van der Waals surface area contributed by atoms with Gasteiger partial charge in [0.25, 0.3) is 5.91 Å². The number of fused-ring (bicyclic) bond motifs is 1. The highest BCUT2D eigenvalue weighted by molar-refractivity contribution is 5.95. The van der Waals surface area contributed by atoms with E-state index >= 15 is 0 Å². The molecule has 2 aromatic rings. The average Bonchev–Trinajstić information content (AvgIpc) is 3.08. The summed E-state index contributed by atoms with van der Waals surface area (Å²) in [7, 11) is 0. The summed E-state index contributed by atoms with van der Waals surface area (Å²) in [5, 5.41) is 10.3. The highest BCUT2D eigenvalue weighted by Gasteiger charge is 2.25. The van der Waals surface area contributed by atoms with Crippen LogP contribution >= 0.6 is 0 Å². The molecule has 6 heteroatoms. The fourth-order valence-corrected chi connectivity index (χ4v) is 3.50. The van der Waals surface area contributed by atoms with Gasteiger partial charge in [0.1, 0.15) is 0 Å². The fraction of sp³-hybridized carbons (Fsp3) is 0.450. The van der Waals surface area contributed by atoms with Gasteiger partial charge in [-0.1, -0.05) is 31.2 Å². The third kappa shape index (κ3) is 4.12. The quantitative estimate of drug-likeness (QED) is 0.834. The molecule has 0 spiro atoms. The number of amides is 2. The van der Waals surface area contributed by atoms with Crippen molar-refractivity contribution in [1.82, 2.24) is 20.4 Å². The minimum atomic E-state index is -0.0858. The van der Waals surface area contributed by atoms with Gasteiger partial charge < -0.3 is 10.6 Å². The maximum Gasteiger partial charge on any atom is 0.255 e. The summed E-state index contributed by atoms with van der Waals surface area (Å²) in [6.45, 7) is 5.59.